The second-order valence-corrected chi connectivity index (χ2v) is 5.89. The molecule has 2 aromatic rings. The number of ether oxygens (including phenoxy) is 1. The van der Waals surface area contributed by atoms with Gasteiger partial charge in [-0.2, -0.15) is 0 Å². The number of benzene rings is 2. The first-order valence-electron chi connectivity index (χ1n) is 7.99. The largest absolute Gasteiger partial charge is 0.497 e. The highest BCUT2D eigenvalue weighted by Gasteiger charge is 2.32. The second-order valence-electron chi connectivity index (χ2n) is 5.89. The van der Waals surface area contributed by atoms with E-state index in [0.717, 1.165) is 18.3 Å². The van der Waals surface area contributed by atoms with Gasteiger partial charge in [0.1, 0.15) is 23.1 Å². The molecule has 0 atom stereocenters. The molecule has 2 aromatic carbocycles. The number of anilines is 1. The van der Waals surface area contributed by atoms with Crippen LogP contribution in [0.3, 0.4) is 0 Å². The summed E-state index contributed by atoms with van der Waals surface area (Å²) in [5.74, 6) is -2.57. The average Bonchev–Trinajstić information content (AvgIpc) is 2.64. The number of hydrogen-bond donors (Lipinski definition) is 1. The minimum atomic E-state index is -1.27. The summed E-state index contributed by atoms with van der Waals surface area (Å²) in [4.78, 5) is 26.1. The molecule has 0 aliphatic carbocycles. The van der Waals surface area contributed by atoms with Gasteiger partial charge in [-0.05, 0) is 29.8 Å². The number of hydrogen-bond acceptors (Lipinski definition) is 3. The van der Waals surface area contributed by atoms with Gasteiger partial charge in [-0.25, -0.2) is 18.4 Å². The van der Waals surface area contributed by atoms with Crippen molar-refractivity contribution in [2.45, 2.75) is 6.54 Å². The van der Waals surface area contributed by atoms with Gasteiger partial charge >= 0.3 is 12.0 Å². The van der Waals surface area contributed by atoms with Crippen LogP contribution in [0.15, 0.2) is 54.2 Å². The zero-order chi connectivity index (χ0) is 19.6. The zero-order valence-corrected chi connectivity index (χ0v) is 14.4. The highest BCUT2D eigenvalue weighted by Crippen LogP contribution is 2.28. The topological polar surface area (TPSA) is 70.1 Å². The van der Waals surface area contributed by atoms with Crippen LogP contribution in [-0.4, -0.2) is 35.7 Å². The van der Waals surface area contributed by atoms with E-state index in [1.165, 1.54) is 18.1 Å². The monoisotopic (exact) mass is 374 g/mol. The standard InChI is InChI=1S/C19H16F2N2O4/c1-27-14-7-5-12(6-8-14)9-22-10-13(18(24)25)11-23(19(22)26)17-15(20)3-2-4-16(17)21/h2-8,11H,9-10H2,1H3,(H,24,25). The number of urea groups is 1. The van der Waals surface area contributed by atoms with Gasteiger partial charge in [0.2, 0.25) is 0 Å². The van der Waals surface area contributed by atoms with Crippen LogP contribution in [0.25, 0.3) is 0 Å². The number of carbonyl (C=O) groups excluding carboxylic acids is 1. The van der Waals surface area contributed by atoms with Crippen molar-refractivity contribution in [3.05, 3.63) is 71.4 Å². The molecule has 1 aliphatic heterocycles. The third kappa shape index (κ3) is 3.74. The van der Waals surface area contributed by atoms with Gasteiger partial charge in [0.15, 0.2) is 0 Å². The lowest BCUT2D eigenvalue weighted by Gasteiger charge is -2.33. The minimum Gasteiger partial charge on any atom is -0.497 e. The number of carbonyl (C=O) groups is 2. The zero-order valence-electron chi connectivity index (χ0n) is 14.4. The van der Waals surface area contributed by atoms with Crippen molar-refractivity contribution < 1.29 is 28.2 Å². The van der Waals surface area contributed by atoms with E-state index in [9.17, 15) is 23.5 Å². The number of methoxy groups -OCH3 is 1. The van der Waals surface area contributed by atoms with Gasteiger partial charge in [-0.1, -0.05) is 18.2 Å². The van der Waals surface area contributed by atoms with Crippen LogP contribution < -0.4 is 9.64 Å². The third-order valence-electron chi connectivity index (χ3n) is 4.11. The van der Waals surface area contributed by atoms with Crippen molar-refractivity contribution in [1.82, 2.24) is 4.90 Å². The van der Waals surface area contributed by atoms with Gasteiger partial charge in [0.05, 0.1) is 19.2 Å². The lowest BCUT2D eigenvalue weighted by molar-refractivity contribution is -0.132. The molecule has 0 bridgehead atoms. The van der Waals surface area contributed by atoms with Crippen molar-refractivity contribution in [1.29, 1.82) is 0 Å². The van der Waals surface area contributed by atoms with Crippen LogP contribution in [0.5, 0.6) is 5.75 Å². The Morgan fingerprint density at radius 2 is 1.78 bits per heavy atom. The van der Waals surface area contributed by atoms with Gasteiger partial charge in [-0.3, -0.25) is 4.90 Å². The molecule has 1 heterocycles. The molecule has 0 saturated heterocycles. The molecule has 3 rings (SSSR count). The number of rotatable bonds is 5. The Labute approximate surface area is 153 Å². The van der Waals surface area contributed by atoms with Crippen molar-refractivity contribution in [2.75, 3.05) is 18.6 Å². The maximum atomic E-state index is 14.1. The molecule has 0 fully saturated rings. The van der Waals surface area contributed by atoms with Crippen molar-refractivity contribution in [3.8, 4) is 5.75 Å². The maximum absolute atomic E-state index is 14.1. The van der Waals surface area contributed by atoms with Crippen LogP contribution in [-0.2, 0) is 11.3 Å². The lowest BCUT2D eigenvalue weighted by atomic mass is 10.1. The van der Waals surface area contributed by atoms with Crippen LogP contribution >= 0.6 is 0 Å². The molecule has 0 spiro atoms. The third-order valence-corrected chi connectivity index (χ3v) is 4.11. The molecule has 1 aliphatic rings. The first-order valence-corrected chi connectivity index (χ1v) is 7.99. The molecule has 0 aromatic heterocycles. The highest BCUT2D eigenvalue weighted by molar-refractivity contribution is 6.00. The fraction of sp³-hybridized carbons (Fsp3) is 0.158. The first kappa shape index (κ1) is 18.4. The Kier molecular flexibility index (Phi) is 5.07. The second kappa shape index (κ2) is 7.45. The Morgan fingerprint density at radius 3 is 2.33 bits per heavy atom. The molecular formula is C19H16F2N2O4. The molecule has 6 nitrogen and oxygen atoms in total. The number of amides is 2. The highest BCUT2D eigenvalue weighted by atomic mass is 19.1. The molecule has 2 amide bonds. The summed E-state index contributed by atoms with van der Waals surface area (Å²) in [7, 11) is 1.52. The maximum Gasteiger partial charge on any atom is 0.334 e. The Bertz CT molecular complexity index is 892. The summed E-state index contributed by atoms with van der Waals surface area (Å²) < 4.78 is 33.3. The molecule has 27 heavy (non-hydrogen) atoms. The summed E-state index contributed by atoms with van der Waals surface area (Å²) in [6, 6.07) is 9.29. The van der Waals surface area contributed by atoms with Crippen LogP contribution in [0.2, 0.25) is 0 Å². The average molecular weight is 374 g/mol. The van der Waals surface area contributed by atoms with E-state index in [2.05, 4.69) is 0 Å². The van der Waals surface area contributed by atoms with Crippen LogP contribution in [0, 0.1) is 11.6 Å². The summed E-state index contributed by atoms with van der Waals surface area (Å²) in [6.45, 7) is -0.118. The van der Waals surface area contributed by atoms with E-state index >= 15 is 0 Å². The molecule has 0 radical (unpaired) electrons. The Hall–Kier alpha value is -3.42. The first-order chi connectivity index (χ1) is 12.9. The van der Waals surface area contributed by atoms with Gasteiger partial charge in [0, 0.05) is 12.7 Å². The quantitative estimate of drug-likeness (QED) is 0.871. The molecule has 140 valence electrons. The fourth-order valence-electron chi connectivity index (χ4n) is 2.75. The summed E-state index contributed by atoms with van der Waals surface area (Å²) in [6.07, 6.45) is 0.955. The van der Waals surface area contributed by atoms with Crippen molar-refractivity contribution in [2.24, 2.45) is 0 Å². The van der Waals surface area contributed by atoms with E-state index in [0.29, 0.717) is 16.2 Å². The number of carboxylic acids is 1. The summed E-state index contributed by atoms with van der Waals surface area (Å²) in [5, 5.41) is 9.34. The lowest BCUT2D eigenvalue weighted by Crippen LogP contribution is -2.46. The Balaban J connectivity index is 1.96. The Morgan fingerprint density at radius 1 is 1.15 bits per heavy atom. The molecule has 0 unspecified atom stereocenters. The van der Waals surface area contributed by atoms with E-state index in [4.69, 9.17) is 4.74 Å². The van der Waals surface area contributed by atoms with E-state index in [-0.39, 0.29) is 18.7 Å². The van der Waals surface area contributed by atoms with E-state index < -0.39 is 29.3 Å². The number of carboxylic acid groups (broad SMARTS) is 1. The minimum absolute atomic E-state index is 0.0695. The fourth-order valence-corrected chi connectivity index (χ4v) is 2.75. The SMILES string of the molecule is COc1ccc(CN2CC(C(=O)O)=CN(c3c(F)cccc3F)C2=O)cc1. The van der Waals surface area contributed by atoms with Gasteiger partial charge < -0.3 is 14.7 Å². The predicted octanol–water partition coefficient (Wildman–Crippen LogP) is 3.38. The van der Waals surface area contributed by atoms with Crippen molar-refractivity contribution in [3.63, 3.8) is 0 Å². The number of nitrogens with zero attached hydrogens (tertiary/aromatic N) is 2. The van der Waals surface area contributed by atoms with E-state index in [1.807, 2.05) is 0 Å². The van der Waals surface area contributed by atoms with Gasteiger partial charge in [-0.15, -0.1) is 0 Å². The van der Waals surface area contributed by atoms with Crippen LogP contribution in [0.4, 0.5) is 19.3 Å². The molecule has 0 saturated carbocycles. The summed E-state index contributed by atoms with van der Waals surface area (Å²) >= 11 is 0. The smallest absolute Gasteiger partial charge is 0.334 e. The molecule has 8 heteroatoms. The van der Waals surface area contributed by atoms with Crippen molar-refractivity contribution >= 4 is 17.7 Å². The van der Waals surface area contributed by atoms with Gasteiger partial charge in [0.25, 0.3) is 0 Å². The predicted molar refractivity (Wildman–Crippen MR) is 93.4 cm³/mol. The molecule has 1 N–H and O–H groups in total. The summed E-state index contributed by atoms with van der Waals surface area (Å²) in [5.41, 5.74) is -0.0591. The normalized spacial score (nSPS) is 14.2. The number of para-hydroxylation sites is 1. The number of aliphatic carboxylic acids is 1. The number of halogens is 2. The van der Waals surface area contributed by atoms with Crippen LogP contribution in [0.1, 0.15) is 5.56 Å². The van der Waals surface area contributed by atoms with E-state index in [1.54, 1.807) is 24.3 Å². The molecular weight excluding hydrogens is 358 g/mol.